The van der Waals surface area contributed by atoms with E-state index in [2.05, 4.69) is 15.6 Å². The summed E-state index contributed by atoms with van der Waals surface area (Å²) in [5.74, 6) is -0.577. The van der Waals surface area contributed by atoms with Gasteiger partial charge in [0.1, 0.15) is 22.6 Å². The number of guanidine groups is 1. The lowest BCUT2D eigenvalue weighted by molar-refractivity contribution is -0.000438. The minimum absolute atomic E-state index is 0.00448. The van der Waals surface area contributed by atoms with Crippen LogP contribution in [0, 0.1) is 5.82 Å². The van der Waals surface area contributed by atoms with E-state index >= 15 is 0 Å². The number of carbonyl (C=O) groups is 3. The molecule has 1 rings (SSSR count). The zero-order valence-corrected chi connectivity index (χ0v) is 22.9. The van der Waals surface area contributed by atoms with Crippen molar-refractivity contribution in [1.29, 1.82) is 0 Å². The summed E-state index contributed by atoms with van der Waals surface area (Å²) < 4.78 is 30.6. The molecule has 0 aliphatic carbocycles. The summed E-state index contributed by atoms with van der Waals surface area (Å²) in [4.78, 5) is 42.6. The van der Waals surface area contributed by atoms with Gasteiger partial charge in [-0.1, -0.05) is 0 Å². The average molecular weight is 511 g/mol. The fraction of sp³-hybridized carbons (Fsp3) is 0.600. The van der Waals surface area contributed by atoms with Crippen LogP contribution >= 0.6 is 0 Å². The molecular formula is C25H39FN4O6. The Bertz CT molecular complexity index is 946. The molecule has 0 unspecified atom stereocenters. The molecule has 0 atom stereocenters. The van der Waals surface area contributed by atoms with E-state index in [1.165, 1.54) is 12.1 Å². The summed E-state index contributed by atoms with van der Waals surface area (Å²) in [6, 6.07) is 3.97. The summed E-state index contributed by atoms with van der Waals surface area (Å²) in [5.41, 5.74) is -2.14. The van der Waals surface area contributed by atoms with Gasteiger partial charge in [-0.15, -0.1) is 0 Å². The Hall–Kier alpha value is -3.37. The second-order valence-corrected chi connectivity index (χ2v) is 10.9. The van der Waals surface area contributed by atoms with Crippen molar-refractivity contribution in [2.45, 2.75) is 92.6 Å². The fourth-order valence-corrected chi connectivity index (χ4v) is 2.59. The lowest BCUT2D eigenvalue weighted by Gasteiger charge is -2.28. The quantitative estimate of drug-likeness (QED) is 0.298. The number of alkyl carbamates (subject to hydrolysis) is 1. The second kappa shape index (κ2) is 12.0. The van der Waals surface area contributed by atoms with E-state index < -0.39 is 47.4 Å². The summed E-state index contributed by atoms with van der Waals surface area (Å²) in [5, 5.41) is 5.40. The first kappa shape index (κ1) is 30.7. The molecule has 1 aromatic rings. The number of hydrogen-bond acceptors (Lipinski definition) is 7. The Labute approximate surface area is 212 Å². The van der Waals surface area contributed by atoms with Crippen molar-refractivity contribution in [3.05, 3.63) is 29.6 Å². The lowest BCUT2D eigenvalue weighted by atomic mass is 10.1. The van der Waals surface area contributed by atoms with Crippen molar-refractivity contribution < 1.29 is 33.0 Å². The third-order valence-corrected chi connectivity index (χ3v) is 3.80. The third kappa shape index (κ3) is 11.9. The van der Waals surface area contributed by atoms with Crippen LogP contribution in [0.15, 0.2) is 23.2 Å². The molecule has 0 aliphatic heterocycles. The van der Waals surface area contributed by atoms with Crippen LogP contribution in [-0.4, -0.2) is 52.5 Å². The Morgan fingerprint density at radius 3 is 1.83 bits per heavy atom. The molecule has 0 bridgehead atoms. The molecule has 0 saturated heterocycles. The SMILES string of the molecule is CC/N=C(/NC(=O)OC(C)(C)C)Nc1ccc(F)c(CN(C(=O)OC(C)(C)C)C(=O)OC(C)(C)C)c1. The van der Waals surface area contributed by atoms with Crippen LogP contribution in [-0.2, 0) is 20.8 Å². The number of imide groups is 1. The van der Waals surface area contributed by atoms with Gasteiger partial charge in [-0.2, -0.15) is 0 Å². The molecular weight excluding hydrogens is 471 g/mol. The van der Waals surface area contributed by atoms with Gasteiger partial charge in [-0.05, 0) is 87.4 Å². The number of halogens is 1. The molecule has 0 saturated carbocycles. The van der Waals surface area contributed by atoms with Crippen LogP contribution < -0.4 is 10.6 Å². The normalized spacial score (nSPS) is 12.5. The van der Waals surface area contributed by atoms with Crippen LogP contribution in [0.4, 0.5) is 24.5 Å². The monoisotopic (exact) mass is 510 g/mol. The molecule has 0 fully saturated rings. The first-order valence-electron chi connectivity index (χ1n) is 11.6. The number of amides is 3. The summed E-state index contributed by atoms with van der Waals surface area (Å²) >= 11 is 0. The maximum Gasteiger partial charge on any atom is 0.420 e. The van der Waals surface area contributed by atoms with E-state index in [0.29, 0.717) is 17.1 Å². The van der Waals surface area contributed by atoms with Crippen LogP contribution in [0.5, 0.6) is 0 Å². The number of nitrogens with one attached hydrogen (secondary N) is 2. The predicted octanol–water partition coefficient (Wildman–Crippen LogP) is 5.81. The van der Waals surface area contributed by atoms with E-state index in [1.54, 1.807) is 69.2 Å². The smallest absolute Gasteiger partial charge is 0.420 e. The Kier molecular flexibility index (Phi) is 10.3. The number of nitrogens with zero attached hydrogens (tertiary/aromatic N) is 2. The average Bonchev–Trinajstić information content (AvgIpc) is 2.63. The number of aliphatic imine (C=N–C) groups is 1. The highest BCUT2D eigenvalue weighted by atomic mass is 19.1. The second-order valence-electron chi connectivity index (χ2n) is 10.9. The van der Waals surface area contributed by atoms with Gasteiger partial charge in [0.25, 0.3) is 0 Å². The van der Waals surface area contributed by atoms with Gasteiger partial charge in [0.15, 0.2) is 0 Å². The highest BCUT2D eigenvalue weighted by Gasteiger charge is 2.32. The van der Waals surface area contributed by atoms with Crippen molar-refractivity contribution in [2.24, 2.45) is 4.99 Å². The molecule has 1 aromatic carbocycles. The molecule has 202 valence electrons. The van der Waals surface area contributed by atoms with E-state index in [9.17, 15) is 18.8 Å². The van der Waals surface area contributed by atoms with Crippen LogP contribution in [0.1, 0.15) is 74.8 Å². The molecule has 10 nitrogen and oxygen atoms in total. The minimum Gasteiger partial charge on any atom is -0.444 e. The van der Waals surface area contributed by atoms with E-state index in [-0.39, 0.29) is 11.5 Å². The van der Waals surface area contributed by atoms with Crippen molar-refractivity contribution >= 4 is 29.9 Å². The standard InChI is InChI=1S/C25H39FN4O6/c1-11-27-19(29-20(31)34-23(2,3)4)28-17-12-13-18(26)16(14-17)15-30(21(32)35-24(5,6)7)22(33)36-25(8,9)10/h12-14H,11,15H2,1-10H3,(H2,27,28,29,31). The van der Waals surface area contributed by atoms with Gasteiger partial charge >= 0.3 is 18.3 Å². The number of rotatable bonds is 4. The molecule has 0 aliphatic rings. The maximum absolute atomic E-state index is 14.7. The first-order chi connectivity index (χ1) is 16.3. The van der Waals surface area contributed by atoms with E-state index in [1.807, 2.05) is 0 Å². The van der Waals surface area contributed by atoms with Gasteiger partial charge in [0, 0.05) is 17.8 Å². The zero-order chi connectivity index (χ0) is 27.9. The molecule has 0 radical (unpaired) electrons. The molecule has 0 aromatic heterocycles. The van der Waals surface area contributed by atoms with Gasteiger partial charge in [0.2, 0.25) is 5.96 Å². The zero-order valence-electron chi connectivity index (χ0n) is 22.9. The van der Waals surface area contributed by atoms with E-state index in [0.717, 1.165) is 6.07 Å². The lowest BCUT2D eigenvalue weighted by Crippen LogP contribution is -2.43. The molecule has 3 amide bonds. The largest absolute Gasteiger partial charge is 0.444 e. The summed E-state index contributed by atoms with van der Waals surface area (Å²) in [6.07, 6.45) is -2.67. The Morgan fingerprint density at radius 2 is 1.39 bits per heavy atom. The van der Waals surface area contributed by atoms with Crippen LogP contribution in [0.2, 0.25) is 0 Å². The highest BCUT2D eigenvalue weighted by Crippen LogP contribution is 2.21. The molecule has 11 heteroatoms. The first-order valence-corrected chi connectivity index (χ1v) is 11.6. The molecule has 0 spiro atoms. The van der Waals surface area contributed by atoms with Gasteiger partial charge < -0.3 is 19.5 Å². The van der Waals surface area contributed by atoms with Gasteiger partial charge in [-0.3, -0.25) is 10.3 Å². The highest BCUT2D eigenvalue weighted by molar-refractivity contribution is 6.02. The van der Waals surface area contributed by atoms with Crippen molar-refractivity contribution in [2.75, 3.05) is 11.9 Å². The van der Waals surface area contributed by atoms with E-state index in [4.69, 9.17) is 14.2 Å². The van der Waals surface area contributed by atoms with Crippen LogP contribution in [0.25, 0.3) is 0 Å². The fourth-order valence-electron chi connectivity index (χ4n) is 2.59. The van der Waals surface area contributed by atoms with Crippen molar-refractivity contribution in [3.63, 3.8) is 0 Å². The predicted molar refractivity (Wildman–Crippen MR) is 135 cm³/mol. The third-order valence-electron chi connectivity index (χ3n) is 3.80. The number of ether oxygens (including phenoxy) is 3. The molecule has 2 N–H and O–H groups in total. The summed E-state index contributed by atoms with van der Waals surface area (Å²) in [7, 11) is 0. The number of anilines is 1. The minimum atomic E-state index is -0.977. The van der Waals surface area contributed by atoms with Gasteiger partial charge in [-0.25, -0.2) is 23.7 Å². The van der Waals surface area contributed by atoms with Crippen LogP contribution in [0.3, 0.4) is 0 Å². The van der Waals surface area contributed by atoms with Crippen molar-refractivity contribution in [1.82, 2.24) is 10.2 Å². The van der Waals surface area contributed by atoms with Crippen molar-refractivity contribution in [3.8, 4) is 0 Å². The maximum atomic E-state index is 14.7. The summed E-state index contributed by atoms with van der Waals surface area (Å²) in [6.45, 7) is 16.7. The Morgan fingerprint density at radius 1 is 0.889 bits per heavy atom. The molecule has 36 heavy (non-hydrogen) atoms. The molecule has 0 heterocycles. The number of benzene rings is 1. The van der Waals surface area contributed by atoms with Gasteiger partial charge in [0.05, 0.1) is 6.54 Å². The Balaban J connectivity index is 3.21. The number of carbonyl (C=O) groups excluding carboxylic acids is 3. The topological polar surface area (TPSA) is 119 Å². The number of hydrogen-bond donors (Lipinski definition) is 2.